The summed E-state index contributed by atoms with van der Waals surface area (Å²) < 4.78 is 10.3. The highest BCUT2D eigenvalue weighted by Gasteiger charge is 2.24. The quantitative estimate of drug-likeness (QED) is 0.383. The second-order valence-corrected chi connectivity index (χ2v) is 5.27. The van der Waals surface area contributed by atoms with Crippen LogP contribution in [0.2, 0.25) is 0 Å². The molecule has 0 aliphatic carbocycles. The predicted octanol–water partition coefficient (Wildman–Crippen LogP) is 2.69. The lowest BCUT2D eigenvalue weighted by atomic mass is 9.98. The van der Waals surface area contributed by atoms with Gasteiger partial charge >= 0.3 is 0 Å². The minimum absolute atomic E-state index is 0.0773. The molecule has 25 heavy (non-hydrogen) atoms. The van der Waals surface area contributed by atoms with Crippen LogP contribution in [0.4, 0.5) is 0 Å². The molecule has 1 heterocycles. The first-order valence-corrected chi connectivity index (χ1v) is 7.19. The van der Waals surface area contributed by atoms with E-state index in [0.29, 0.717) is 5.56 Å². The molecule has 7 heteroatoms. The summed E-state index contributed by atoms with van der Waals surface area (Å²) in [5.74, 6) is -2.22. The molecule has 0 unspecified atom stereocenters. The molecule has 3 rings (SSSR count). The average Bonchev–Trinajstić information content (AvgIpc) is 2.61. The third-order valence-corrected chi connectivity index (χ3v) is 3.66. The Hall–Kier alpha value is -3.61. The van der Waals surface area contributed by atoms with Crippen LogP contribution < -0.4 is 9.47 Å². The maximum atomic E-state index is 12.6. The highest BCUT2D eigenvalue weighted by molar-refractivity contribution is 6.12. The van der Waals surface area contributed by atoms with Crippen molar-refractivity contribution in [1.29, 1.82) is 0 Å². The number of aromatic hydroxyl groups is 4. The summed E-state index contributed by atoms with van der Waals surface area (Å²) >= 11 is 0. The molecule has 0 radical (unpaired) electrons. The summed E-state index contributed by atoms with van der Waals surface area (Å²) in [5, 5.41) is 38.7. The molecule has 0 fully saturated rings. The van der Waals surface area contributed by atoms with Gasteiger partial charge in [0.05, 0.1) is 6.26 Å². The molecule has 0 atom stereocenters. The maximum absolute atomic E-state index is 12.6. The third kappa shape index (κ3) is 2.83. The Morgan fingerprint density at radius 2 is 1.88 bits per heavy atom. The summed E-state index contributed by atoms with van der Waals surface area (Å²) in [5.41, 5.74) is 0.760. The van der Waals surface area contributed by atoms with Crippen LogP contribution in [0.25, 0.3) is 6.08 Å². The van der Waals surface area contributed by atoms with E-state index in [1.807, 2.05) is 0 Å². The van der Waals surface area contributed by atoms with Gasteiger partial charge in [0.25, 0.3) is 0 Å². The van der Waals surface area contributed by atoms with Crippen molar-refractivity contribution in [1.82, 2.24) is 0 Å². The van der Waals surface area contributed by atoms with Crippen molar-refractivity contribution in [3.8, 4) is 34.5 Å². The molecule has 2 aromatic carbocycles. The summed E-state index contributed by atoms with van der Waals surface area (Å²) in [6.45, 7) is 3.22. The van der Waals surface area contributed by atoms with Gasteiger partial charge in [0.2, 0.25) is 11.5 Å². The van der Waals surface area contributed by atoms with Gasteiger partial charge in [-0.15, -0.1) is 0 Å². The van der Waals surface area contributed by atoms with Gasteiger partial charge in [-0.2, -0.15) is 0 Å². The molecule has 0 aromatic heterocycles. The van der Waals surface area contributed by atoms with Gasteiger partial charge in [-0.05, 0) is 30.3 Å². The normalized spacial score (nSPS) is 12.6. The Balaban J connectivity index is 2.00. The molecular formula is C18H14O7. The Morgan fingerprint density at radius 3 is 2.60 bits per heavy atom. The molecule has 1 aliphatic heterocycles. The van der Waals surface area contributed by atoms with Crippen LogP contribution in [-0.4, -0.2) is 32.8 Å². The molecule has 0 saturated carbocycles. The van der Waals surface area contributed by atoms with E-state index in [0.717, 1.165) is 12.3 Å². The van der Waals surface area contributed by atoms with Crippen molar-refractivity contribution in [2.45, 2.75) is 0 Å². The Labute approximate surface area is 142 Å². The Kier molecular flexibility index (Phi) is 3.98. The third-order valence-electron chi connectivity index (χ3n) is 3.66. The monoisotopic (exact) mass is 342 g/mol. The zero-order valence-electron chi connectivity index (χ0n) is 12.9. The maximum Gasteiger partial charge on any atom is 0.201 e. The molecule has 0 amide bonds. The molecule has 0 bridgehead atoms. The fourth-order valence-corrected chi connectivity index (χ4v) is 2.44. The number of carbonyl (C=O) groups excluding carboxylic acids is 1. The number of ether oxygens (including phenoxy) is 2. The second kappa shape index (κ2) is 6.12. The van der Waals surface area contributed by atoms with Crippen molar-refractivity contribution in [2.75, 3.05) is 6.61 Å². The highest BCUT2D eigenvalue weighted by Crippen LogP contribution is 2.42. The standard InChI is InChI=1S/C18H14O7/c1-2-24-14-7-10(6-13(20)16(14)22)15(21)11-5-9-3-4-12(19)17(23)18(9)25-8-11/h2-7,19-20,22-23H,1,8H2. The number of phenols is 4. The van der Waals surface area contributed by atoms with Gasteiger partial charge in [0.1, 0.15) is 6.61 Å². The lowest BCUT2D eigenvalue weighted by Crippen LogP contribution is -2.15. The topological polar surface area (TPSA) is 116 Å². The van der Waals surface area contributed by atoms with Crippen molar-refractivity contribution < 1.29 is 34.7 Å². The van der Waals surface area contributed by atoms with Gasteiger partial charge < -0.3 is 29.9 Å². The summed E-state index contributed by atoms with van der Waals surface area (Å²) in [7, 11) is 0. The Bertz CT molecular complexity index is 912. The van der Waals surface area contributed by atoms with Crippen molar-refractivity contribution in [2.24, 2.45) is 0 Å². The summed E-state index contributed by atoms with van der Waals surface area (Å²) in [4.78, 5) is 12.6. The predicted molar refractivity (Wildman–Crippen MR) is 88.2 cm³/mol. The van der Waals surface area contributed by atoms with E-state index in [1.165, 1.54) is 24.3 Å². The first-order valence-electron chi connectivity index (χ1n) is 7.19. The van der Waals surface area contributed by atoms with Gasteiger partial charge in [-0.1, -0.05) is 6.58 Å². The fraction of sp³-hybridized carbons (Fsp3) is 0.0556. The largest absolute Gasteiger partial charge is 0.504 e. The SMILES string of the molecule is C=COc1cc(C(=O)C2=Cc3ccc(O)c(O)c3OC2)cc(O)c1O. The zero-order chi connectivity index (χ0) is 18.1. The van der Waals surface area contributed by atoms with Crippen LogP contribution >= 0.6 is 0 Å². The van der Waals surface area contributed by atoms with E-state index in [-0.39, 0.29) is 35.0 Å². The number of phenolic OH excluding ortho intramolecular Hbond substituents is 4. The number of benzene rings is 2. The Morgan fingerprint density at radius 1 is 1.12 bits per heavy atom. The van der Waals surface area contributed by atoms with Crippen LogP contribution in [0.1, 0.15) is 15.9 Å². The first kappa shape index (κ1) is 16.3. The number of fused-ring (bicyclic) bond motifs is 1. The molecule has 2 aromatic rings. The second-order valence-electron chi connectivity index (χ2n) is 5.27. The lowest BCUT2D eigenvalue weighted by Gasteiger charge is -2.19. The van der Waals surface area contributed by atoms with Crippen molar-refractivity contribution in [3.05, 3.63) is 53.8 Å². The zero-order valence-corrected chi connectivity index (χ0v) is 12.9. The van der Waals surface area contributed by atoms with E-state index in [1.54, 1.807) is 0 Å². The number of Topliss-reactive ketones (excluding diaryl/α,β-unsaturated/α-hetero) is 1. The van der Waals surface area contributed by atoms with Crippen molar-refractivity contribution in [3.63, 3.8) is 0 Å². The van der Waals surface area contributed by atoms with E-state index in [2.05, 4.69) is 6.58 Å². The van der Waals surface area contributed by atoms with Gasteiger partial charge in [-0.3, -0.25) is 4.79 Å². The van der Waals surface area contributed by atoms with Crippen LogP contribution in [0.5, 0.6) is 34.5 Å². The van der Waals surface area contributed by atoms with Crippen LogP contribution in [0, 0.1) is 0 Å². The number of ketones is 1. The first-order chi connectivity index (χ1) is 11.9. The summed E-state index contributed by atoms with van der Waals surface area (Å²) in [6, 6.07) is 5.16. The smallest absolute Gasteiger partial charge is 0.201 e. The van der Waals surface area contributed by atoms with Gasteiger partial charge in [0.15, 0.2) is 28.8 Å². The number of hydrogen-bond acceptors (Lipinski definition) is 7. The fourth-order valence-electron chi connectivity index (χ4n) is 2.44. The van der Waals surface area contributed by atoms with Crippen LogP contribution in [0.3, 0.4) is 0 Å². The van der Waals surface area contributed by atoms with E-state index in [4.69, 9.17) is 9.47 Å². The highest BCUT2D eigenvalue weighted by atomic mass is 16.5. The van der Waals surface area contributed by atoms with Crippen LogP contribution in [-0.2, 0) is 0 Å². The number of carbonyl (C=O) groups is 1. The molecule has 4 N–H and O–H groups in total. The van der Waals surface area contributed by atoms with E-state index in [9.17, 15) is 25.2 Å². The number of hydrogen-bond donors (Lipinski definition) is 4. The molecular weight excluding hydrogens is 328 g/mol. The van der Waals surface area contributed by atoms with E-state index < -0.39 is 23.0 Å². The molecule has 0 saturated heterocycles. The van der Waals surface area contributed by atoms with Crippen LogP contribution in [0.15, 0.2) is 42.7 Å². The number of rotatable bonds is 4. The minimum Gasteiger partial charge on any atom is -0.504 e. The van der Waals surface area contributed by atoms with Crippen molar-refractivity contribution >= 4 is 11.9 Å². The molecule has 128 valence electrons. The molecule has 0 spiro atoms. The van der Waals surface area contributed by atoms with E-state index >= 15 is 0 Å². The average molecular weight is 342 g/mol. The summed E-state index contributed by atoms with van der Waals surface area (Å²) in [6.07, 6.45) is 2.56. The van der Waals surface area contributed by atoms with Gasteiger partial charge in [0, 0.05) is 16.7 Å². The molecule has 7 nitrogen and oxygen atoms in total. The lowest BCUT2D eigenvalue weighted by molar-refractivity contribution is 0.102. The van der Waals surface area contributed by atoms with Gasteiger partial charge in [-0.25, -0.2) is 0 Å². The minimum atomic E-state index is -0.511. The molecule has 1 aliphatic rings.